The molecule has 12 rings (SSSR count). The van der Waals surface area contributed by atoms with E-state index in [1.807, 2.05) is 60.7 Å². The zero-order valence-corrected chi connectivity index (χ0v) is 31.4. The molecule has 270 valence electrons. The van der Waals surface area contributed by atoms with E-state index in [1.165, 1.54) is 55.5 Å². The Balaban J connectivity index is 0.999. The Kier molecular flexibility index (Phi) is 7.11. The van der Waals surface area contributed by atoms with Crippen LogP contribution in [0.3, 0.4) is 0 Å². The summed E-state index contributed by atoms with van der Waals surface area (Å²) in [5, 5.41) is 1.28. The molecule has 0 radical (unpaired) electrons. The largest absolute Gasteiger partial charge is 0.309 e. The summed E-state index contributed by atoms with van der Waals surface area (Å²) < 4.78 is 2.49. The second kappa shape index (κ2) is 12.7. The third kappa shape index (κ3) is 4.66. The van der Waals surface area contributed by atoms with E-state index in [-0.39, 0.29) is 0 Å². The summed E-state index contributed by atoms with van der Waals surface area (Å²) in [6.07, 6.45) is 0. The summed E-state index contributed by atoms with van der Waals surface area (Å²) in [5.74, 6) is 1.94. The van der Waals surface area contributed by atoms with Crippen LogP contribution in [-0.2, 0) is 5.41 Å². The van der Waals surface area contributed by atoms with E-state index in [4.69, 9.17) is 15.0 Å². The van der Waals surface area contributed by atoms with Crippen LogP contribution in [0.1, 0.15) is 22.3 Å². The third-order valence-corrected chi connectivity index (χ3v) is 12.1. The Labute approximate surface area is 336 Å². The quantitative estimate of drug-likeness (QED) is 0.177. The van der Waals surface area contributed by atoms with Gasteiger partial charge >= 0.3 is 0 Å². The number of rotatable bonds is 5. The summed E-state index contributed by atoms with van der Waals surface area (Å²) in [5.41, 5.74) is 17.5. The molecule has 2 aliphatic rings. The van der Waals surface area contributed by atoms with Gasteiger partial charge in [-0.05, 0) is 63.2 Å². The van der Waals surface area contributed by atoms with Crippen molar-refractivity contribution < 1.29 is 0 Å². The van der Waals surface area contributed by atoms with Gasteiger partial charge in [-0.2, -0.15) is 0 Å². The van der Waals surface area contributed by atoms with Crippen LogP contribution in [0.25, 0.3) is 84.3 Å². The van der Waals surface area contributed by atoms with E-state index in [1.54, 1.807) is 0 Å². The minimum absolute atomic E-state index is 0.417. The maximum Gasteiger partial charge on any atom is 0.164 e. The summed E-state index contributed by atoms with van der Waals surface area (Å²) in [4.78, 5) is 14.9. The lowest BCUT2D eigenvalue weighted by Gasteiger charge is -2.30. The van der Waals surface area contributed by atoms with Crippen molar-refractivity contribution in [2.45, 2.75) is 5.41 Å². The predicted octanol–water partition coefficient (Wildman–Crippen LogP) is 12.8. The van der Waals surface area contributed by atoms with Crippen molar-refractivity contribution >= 4 is 10.9 Å². The number of benzene rings is 8. The Morgan fingerprint density at radius 2 is 0.810 bits per heavy atom. The Morgan fingerprint density at radius 1 is 0.345 bits per heavy atom. The van der Waals surface area contributed by atoms with Gasteiger partial charge < -0.3 is 4.57 Å². The lowest BCUT2D eigenvalue weighted by molar-refractivity contribution is 0.801. The van der Waals surface area contributed by atoms with Gasteiger partial charge in [0.2, 0.25) is 0 Å². The van der Waals surface area contributed by atoms with Gasteiger partial charge in [0.1, 0.15) is 0 Å². The lowest BCUT2D eigenvalue weighted by atomic mass is 9.70. The predicted molar refractivity (Wildman–Crippen MR) is 235 cm³/mol. The molecule has 0 saturated carbocycles. The molecule has 0 unspecified atom stereocenters. The lowest BCUT2D eigenvalue weighted by Crippen LogP contribution is -2.25. The second-order valence-corrected chi connectivity index (χ2v) is 15.1. The smallest absolute Gasteiger partial charge is 0.164 e. The van der Waals surface area contributed by atoms with Crippen molar-refractivity contribution in [2.24, 2.45) is 0 Å². The molecule has 2 aromatic heterocycles. The van der Waals surface area contributed by atoms with Gasteiger partial charge in [0, 0.05) is 38.9 Å². The van der Waals surface area contributed by atoms with Crippen molar-refractivity contribution in [3.63, 3.8) is 0 Å². The van der Waals surface area contributed by atoms with Gasteiger partial charge in [0.05, 0.1) is 16.6 Å². The van der Waals surface area contributed by atoms with Crippen LogP contribution < -0.4 is 0 Å². The number of fused-ring (bicyclic) bond motifs is 12. The standard InChI is InChI=1S/C54H34N4/c1-3-16-36(17-4-1)51-55-52(37-18-5-2-6-19-37)57-53(56-51)39-21-15-20-38(34-39)35-30-32-40(33-31-35)58-48-29-14-10-25-44(48)49-50(58)43-24-9-13-28-47(43)54(49)45-26-11-7-22-41(45)42-23-8-12-27-46(42)54/h1-34H. The number of hydrogen-bond acceptors (Lipinski definition) is 3. The van der Waals surface area contributed by atoms with Crippen LogP contribution in [0.4, 0.5) is 0 Å². The van der Waals surface area contributed by atoms with E-state index >= 15 is 0 Å². The molecule has 2 heterocycles. The Morgan fingerprint density at radius 3 is 1.43 bits per heavy atom. The van der Waals surface area contributed by atoms with Crippen molar-refractivity contribution in [1.82, 2.24) is 19.5 Å². The number of aromatic nitrogens is 4. The number of para-hydroxylation sites is 1. The normalized spacial score (nSPS) is 13.0. The average molecular weight is 739 g/mol. The molecule has 0 fully saturated rings. The summed E-state index contributed by atoms with van der Waals surface area (Å²) in [6, 6.07) is 73.8. The van der Waals surface area contributed by atoms with Crippen LogP contribution in [0.5, 0.6) is 0 Å². The maximum atomic E-state index is 5.00. The van der Waals surface area contributed by atoms with Gasteiger partial charge in [-0.1, -0.05) is 182 Å². The molecule has 0 aliphatic heterocycles. The first-order valence-corrected chi connectivity index (χ1v) is 19.8. The molecule has 4 heteroatoms. The Hall–Kier alpha value is -7.69. The number of hydrogen-bond donors (Lipinski definition) is 0. The summed E-state index contributed by atoms with van der Waals surface area (Å²) >= 11 is 0. The molecule has 0 atom stereocenters. The second-order valence-electron chi connectivity index (χ2n) is 15.1. The fourth-order valence-corrected chi connectivity index (χ4v) is 9.67. The maximum absolute atomic E-state index is 5.00. The van der Waals surface area contributed by atoms with Gasteiger partial charge in [-0.25, -0.2) is 15.0 Å². The van der Waals surface area contributed by atoms with Crippen molar-refractivity contribution in [2.75, 3.05) is 0 Å². The van der Waals surface area contributed by atoms with Gasteiger partial charge in [-0.3, -0.25) is 0 Å². The highest BCUT2D eigenvalue weighted by atomic mass is 15.0. The molecule has 0 bridgehead atoms. The van der Waals surface area contributed by atoms with Gasteiger partial charge in [0.15, 0.2) is 17.5 Å². The van der Waals surface area contributed by atoms with Crippen molar-refractivity contribution in [3.05, 3.63) is 229 Å². The monoisotopic (exact) mass is 738 g/mol. The molecule has 58 heavy (non-hydrogen) atoms. The molecule has 1 spiro atoms. The topological polar surface area (TPSA) is 43.6 Å². The molecule has 0 saturated heterocycles. The highest BCUT2D eigenvalue weighted by Gasteiger charge is 2.54. The first-order chi connectivity index (χ1) is 28.8. The minimum atomic E-state index is -0.417. The fraction of sp³-hybridized carbons (Fsp3) is 0.0185. The molecular formula is C54H34N4. The highest BCUT2D eigenvalue weighted by Crippen LogP contribution is 2.65. The van der Waals surface area contributed by atoms with Gasteiger partial charge in [-0.15, -0.1) is 0 Å². The molecule has 8 aromatic carbocycles. The van der Waals surface area contributed by atoms with E-state index in [0.717, 1.165) is 33.5 Å². The number of nitrogens with zero attached hydrogens (tertiary/aromatic N) is 4. The highest BCUT2D eigenvalue weighted by molar-refractivity contribution is 6.05. The SMILES string of the molecule is c1ccc(-c2nc(-c3ccccc3)nc(-c3cccc(-c4ccc(-n5c6c(c7ccccc75)C5(c7ccccc7-c7ccccc75)c5ccccc5-6)cc4)c3)n2)cc1. The summed E-state index contributed by atoms with van der Waals surface area (Å²) in [6.45, 7) is 0. The molecule has 4 nitrogen and oxygen atoms in total. The van der Waals surface area contributed by atoms with Crippen LogP contribution in [0, 0.1) is 0 Å². The van der Waals surface area contributed by atoms with E-state index in [0.29, 0.717) is 17.5 Å². The molecule has 10 aromatic rings. The van der Waals surface area contributed by atoms with Crippen LogP contribution >= 0.6 is 0 Å². The van der Waals surface area contributed by atoms with Crippen LogP contribution in [-0.4, -0.2) is 19.5 Å². The minimum Gasteiger partial charge on any atom is -0.309 e. The molecular weight excluding hydrogens is 705 g/mol. The fourth-order valence-electron chi connectivity index (χ4n) is 9.67. The zero-order chi connectivity index (χ0) is 38.2. The van der Waals surface area contributed by atoms with E-state index in [2.05, 4.69) is 150 Å². The molecule has 0 N–H and O–H groups in total. The Bertz CT molecular complexity index is 3110. The van der Waals surface area contributed by atoms with Gasteiger partial charge in [0.25, 0.3) is 0 Å². The van der Waals surface area contributed by atoms with Crippen molar-refractivity contribution in [3.8, 4) is 73.4 Å². The molecule has 0 amide bonds. The first-order valence-electron chi connectivity index (χ1n) is 19.8. The van der Waals surface area contributed by atoms with Crippen LogP contribution in [0.15, 0.2) is 206 Å². The van der Waals surface area contributed by atoms with E-state index in [9.17, 15) is 0 Å². The molecule has 2 aliphatic carbocycles. The average Bonchev–Trinajstić information content (AvgIpc) is 3.92. The van der Waals surface area contributed by atoms with Crippen molar-refractivity contribution in [1.29, 1.82) is 0 Å². The zero-order valence-electron chi connectivity index (χ0n) is 31.4. The van der Waals surface area contributed by atoms with E-state index < -0.39 is 5.41 Å². The third-order valence-electron chi connectivity index (χ3n) is 12.1. The summed E-state index contributed by atoms with van der Waals surface area (Å²) in [7, 11) is 0. The first kappa shape index (κ1) is 32.5. The van der Waals surface area contributed by atoms with Crippen LogP contribution in [0.2, 0.25) is 0 Å².